The lowest BCUT2D eigenvalue weighted by atomic mass is 9.50. The zero-order valence-electron chi connectivity index (χ0n) is 33.6. The zero-order chi connectivity index (χ0) is 38.1. The predicted octanol–water partition coefficient (Wildman–Crippen LogP) is 6.18. The van der Waals surface area contributed by atoms with Gasteiger partial charge in [-0.1, -0.05) is 46.3 Å². The van der Waals surface area contributed by atoms with Gasteiger partial charge in [0.15, 0.2) is 0 Å². The van der Waals surface area contributed by atoms with Gasteiger partial charge in [-0.25, -0.2) is 0 Å². The highest BCUT2D eigenvalue weighted by atomic mass is 16.6. The fraction of sp³-hybridized carbons (Fsp3) is 0.907. The summed E-state index contributed by atoms with van der Waals surface area (Å²) in [4.78, 5) is 23.4. The van der Waals surface area contributed by atoms with Gasteiger partial charge in [-0.2, -0.15) is 0 Å². The lowest BCUT2D eigenvalue weighted by molar-refractivity contribution is -0.254. The van der Waals surface area contributed by atoms with Crippen molar-refractivity contribution in [2.24, 2.45) is 51.2 Å². The van der Waals surface area contributed by atoms with Crippen LogP contribution in [0, 0.1) is 51.2 Å². The number of aliphatic hydroxyl groups excluding tert-OH is 2. The molecule has 0 aromatic heterocycles. The molecule has 2 N–H and O–H groups in total. The van der Waals surface area contributed by atoms with Crippen LogP contribution in [-0.2, 0) is 38.0 Å². The van der Waals surface area contributed by atoms with Crippen molar-refractivity contribution in [3.8, 4) is 0 Å². The fourth-order valence-corrected chi connectivity index (χ4v) is 13.3. The first-order chi connectivity index (χ1) is 25.1. The molecule has 2 aliphatic heterocycles. The van der Waals surface area contributed by atoms with Crippen molar-refractivity contribution in [3.63, 3.8) is 0 Å². The van der Waals surface area contributed by atoms with E-state index >= 15 is 0 Å². The highest BCUT2D eigenvalue weighted by Gasteiger charge is 2.65. The molecule has 53 heavy (non-hydrogen) atoms. The molecule has 5 saturated carbocycles. The molecular weight excluding hydrogens is 676 g/mol. The Labute approximate surface area is 317 Å². The number of aliphatic hydroxyl groups is 2. The molecule has 7 unspecified atom stereocenters. The molecule has 17 atom stereocenters. The number of hydrogen-bond acceptors (Lipinski definition) is 10. The molecule has 0 amide bonds. The van der Waals surface area contributed by atoms with Gasteiger partial charge in [-0.3, -0.25) is 9.59 Å². The van der Waals surface area contributed by atoms with E-state index in [1.165, 1.54) is 12.5 Å². The van der Waals surface area contributed by atoms with Crippen LogP contribution in [0.4, 0.5) is 0 Å². The summed E-state index contributed by atoms with van der Waals surface area (Å²) in [6, 6.07) is 0. The highest BCUT2D eigenvalue weighted by Crippen LogP contribution is 2.63. The summed E-state index contributed by atoms with van der Waals surface area (Å²) in [5.74, 6) is 0.992. The molecule has 10 nitrogen and oxygen atoms in total. The molecule has 6 aliphatic carbocycles. The number of methoxy groups -OCH3 is 2. The monoisotopic (exact) mass is 744 g/mol. The normalized spacial score (nSPS) is 51.1. The average molecular weight is 745 g/mol. The van der Waals surface area contributed by atoms with Gasteiger partial charge in [-0.05, 0) is 93.8 Å². The van der Waals surface area contributed by atoms with Crippen LogP contribution in [0.15, 0.2) is 11.6 Å². The lowest BCUT2D eigenvalue weighted by Crippen LogP contribution is -2.64. The molecule has 2 heterocycles. The quantitative estimate of drug-likeness (QED) is 0.249. The van der Waals surface area contributed by atoms with Gasteiger partial charge in [0, 0.05) is 55.6 Å². The largest absolute Gasteiger partial charge is 0.462 e. The zero-order valence-corrected chi connectivity index (χ0v) is 33.6. The molecule has 10 heteroatoms. The smallest absolute Gasteiger partial charge is 0.305 e. The van der Waals surface area contributed by atoms with E-state index in [1.54, 1.807) is 14.2 Å². The maximum absolute atomic E-state index is 11.9. The number of carbonyl (C=O) groups excluding carboxylic acids is 2. The molecule has 0 bridgehead atoms. The second kappa shape index (κ2) is 14.7. The van der Waals surface area contributed by atoms with E-state index in [-0.39, 0.29) is 82.1 Å². The Balaban J connectivity index is 0.000000164. The third kappa shape index (κ3) is 6.55. The summed E-state index contributed by atoms with van der Waals surface area (Å²) in [7, 11) is 3.57. The molecule has 0 radical (unpaired) electrons. The molecule has 8 aliphatic rings. The molecular formula is C43H68O10. The van der Waals surface area contributed by atoms with Crippen molar-refractivity contribution >= 4 is 11.9 Å². The summed E-state index contributed by atoms with van der Waals surface area (Å²) in [6.07, 6.45) is 12.9. The topological polar surface area (TPSA) is 130 Å². The van der Waals surface area contributed by atoms with Gasteiger partial charge >= 0.3 is 11.9 Å². The minimum Gasteiger partial charge on any atom is -0.462 e. The fourth-order valence-electron chi connectivity index (χ4n) is 13.3. The third-order valence-corrected chi connectivity index (χ3v) is 16.6. The summed E-state index contributed by atoms with van der Waals surface area (Å²) in [5, 5.41) is 22.2. The first-order valence-corrected chi connectivity index (χ1v) is 20.9. The Morgan fingerprint density at radius 3 is 2.00 bits per heavy atom. The number of fused-ring (bicyclic) bond motifs is 10. The standard InChI is InChI=1S/C22H36O5.C21H32O5/c1-5-18(24)27-17-7-6-15-19-16(23)11-13-10-14(25-4)8-9-21(13,2)20(19)26-12-22(15,17)3;1-12(22)26-17-6-5-15-18-16(23)10-13-9-14(24-4)7-8-20(13,2)19(18)25-11-21(15,17)3/h13-17,19-20,23H,5-12H2,1-4H3;10,14-19,23H,5-9,11H2,1-4H3/t13?,14-,15?,16-,17-,19?,20?,21-,22-;14-,15?,16-,17-,18?,19?,20-,21-/m00/s1. The Morgan fingerprint density at radius 1 is 0.774 bits per heavy atom. The Bertz CT molecular complexity index is 1400. The molecule has 7 fully saturated rings. The Hall–Kier alpha value is -1.56. The van der Waals surface area contributed by atoms with Crippen molar-refractivity contribution < 1.29 is 48.2 Å². The first-order valence-electron chi connectivity index (χ1n) is 20.9. The van der Waals surface area contributed by atoms with Crippen LogP contribution >= 0.6 is 0 Å². The van der Waals surface area contributed by atoms with Crippen molar-refractivity contribution in [1.29, 1.82) is 0 Å². The van der Waals surface area contributed by atoms with E-state index in [0.29, 0.717) is 43.5 Å². The lowest BCUT2D eigenvalue weighted by Gasteiger charge is -2.61. The number of carbonyl (C=O) groups is 2. The maximum atomic E-state index is 11.9. The van der Waals surface area contributed by atoms with Crippen LogP contribution in [0.5, 0.6) is 0 Å². The van der Waals surface area contributed by atoms with Gasteiger partial charge < -0.3 is 38.6 Å². The van der Waals surface area contributed by atoms with Crippen molar-refractivity contribution in [2.75, 3.05) is 27.4 Å². The molecule has 300 valence electrons. The van der Waals surface area contributed by atoms with Crippen molar-refractivity contribution in [2.45, 2.75) is 167 Å². The van der Waals surface area contributed by atoms with Crippen LogP contribution in [0.3, 0.4) is 0 Å². The Kier molecular flexibility index (Phi) is 11.0. The molecule has 0 spiro atoms. The van der Waals surface area contributed by atoms with Crippen LogP contribution in [0.25, 0.3) is 0 Å². The maximum Gasteiger partial charge on any atom is 0.305 e. The number of esters is 2. The SMILES string of the molecule is CCC(=O)O[C@H]1CCC2C3C(OC[C@@]21C)[C@@]1(C)CC[C@H](OC)CC1C[C@@H]3O.CO[C@H]1CC[C@@]2(C)C(=C[C@H](O)C3C2OC[C@@]2(C)C3CC[C@@H]2OC(C)=O)C1. The van der Waals surface area contributed by atoms with E-state index in [4.69, 9.17) is 28.4 Å². The minimum atomic E-state index is -0.501. The van der Waals surface area contributed by atoms with E-state index < -0.39 is 6.10 Å². The summed E-state index contributed by atoms with van der Waals surface area (Å²) >= 11 is 0. The third-order valence-electron chi connectivity index (χ3n) is 16.6. The molecule has 8 rings (SSSR count). The predicted molar refractivity (Wildman–Crippen MR) is 198 cm³/mol. The van der Waals surface area contributed by atoms with E-state index in [9.17, 15) is 19.8 Å². The van der Waals surface area contributed by atoms with Crippen LogP contribution < -0.4 is 0 Å². The minimum absolute atomic E-state index is 0.0280. The van der Waals surface area contributed by atoms with Crippen LogP contribution in [0.1, 0.15) is 119 Å². The van der Waals surface area contributed by atoms with Crippen molar-refractivity contribution in [3.05, 3.63) is 11.6 Å². The van der Waals surface area contributed by atoms with Crippen LogP contribution in [-0.4, -0.2) is 98.4 Å². The highest BCUT2D eigenvalue weighted by molar-refractivity contribution is 5.69. The summed E-state index contributed by atoms with van der Waals surface area (Å²) in [5.41, 5.74) is 0.986. The van der Waals surface area contributed by atoms with Gasteiger partial charge in [0.2, 0.25) is 0 Å². The summed E-state index contributed by atoms with van der Waals surface area (Å²) in [6.45, 7) is 13.6. The Morgan fingerprint density at radius 2 is 1.38 bits per heavy atom. The van der Waals surface area contributed by atoms with Gasteiger partial charge in [0.25, 0.3) is 0 Å². The van der Waals surface area contributed by atoms with Gasteiger partial charge in [-0.15, -0.1) is 0 Å². The van der Waals surface area contributed by atoms with E-state index in [2.05, 4.69) is 33.8 Å². The van der Waals surface area contributed by atoms with Crippen LogP contribution in [0.2, 0.25) is 0 Å². The molecule has 2 saturated heterocycles. The van der Waals surface area contributed by atoms with E-state index in [0.717, 1.165) is 70.6 Å². The number of ether oxygens (including phenoxy) is 6. The number of hydrogen-bond donors (Lipinski definition) is 2. The van der Waals surface area contributed by atoms with E-state index in [1.807, 2.05) is 6.92 Å². The second-order valence-corrected chi connectivity index (χ2v) is 19.3. The average Bonchev–Trinajstić information content (AvgIpc) is 3.63. The molecule has 0 aromatic carbocycles. The molecule has 0 aromatic rings. The summed E-state index contributed by atoms with van der Waals surface area (Å²) < 4.78 is 35.7. The number of rotatable bonds is 5. The van der Waals surface area contributed by atoms with Gasteiger partial charge in [0.1, 0.15) is 12.2 Å². The van der Waals surface area contributed by atoms with Crippen molar-refractivity contribution in [1.82, 2.24) is 0 Å². The second-order valence-electron chi connectivity index (χ2n) is 19.3. The van der Waals surface area contributed by atoms with Gasteiger partial charge in [0.05, 0.1) is 49.8 Å². The first kappa shape index (κ1) is 39.7.